The first-order chi connectivity index (χ1) is 9.76. The Kier molecular flexibility index (Phi) is 10.9. The van der Waals surface area contributed by atoms with Crippen LogP contribution in [0.1, 0.15) is 38.8 Å². The number of piperazine rings is 1. The van der Waals surface area contributed by atoms with Gasteiger partial charge in [0.2, 0.25) is 0 Å². The van der Waals surface area contributed by atoms with Gasteiger partial charge in [-0.3, -0.25) is 4.90 Å². The average molecular weight is 349 g/mol. The van der Waals surface area contributed by atoms with Crippen molar-refractivity contribution in [2.24, 2.45) is 5.92 Å². The Balaban J connectivity index is 0.00000220. The second-order valence-electron chi connectivity index (χ2n) is 5.62. The first-order valence-corrected chi connectivity index (χ1v) is 7.93. The zero-order valence-corrected chi connectivity index (χ0v) is 15.5. The predicted molar refractivity (Wildman–Crippen MR) is 98.7 cm³/mol. The quantitative estimate of drug-likeness (QED) is 0.842. The maximum atomic E-state index is 5.67. The topological polar surface area (TPSA) is 24.5 Å². The third-order valence-corrected chi connectivity index (χ3v) is 4.24. The molecule has 1 heterocycles. The van der Waals surface area contributed by atoms with Crippen LogP contribution in [-0.4, -0.2) is 37.7 Å². The molecule has 1 N–H and O–H groups in total. The molecule has 0 aliphatic carbocycles. The fourth-order valence-corrected chi connectivity index (χ4v) is 3.04. The van der Waals surface area contributed by atoms with Crippen LogP contribution in [0, 0.1) is 5.92 Å². The first-order valence-electron chi connectivity index (χ1n) is 7.93. The highest BCUT2D eigenvalue weighted by molar-refractivity contribution is 5.85. The summed E-state index contributed by atoms with van der Waals surface area (Å²) in [6.07, 6.45) is 1.20. The summed E-state index contributed by atoms with van der Waals surface area (Å²) in [7, 11) is 0. The van der Waals surface area contributed by atoms with Crippen molar-refractivity contribution in [2.75, 3.05) is 32.8 Å². The monoisotopic (exact) mass is 348 g/mol. The molecule has 3 nitrogen and oxygen atoms in total. The van der Waals surface area contributed by atoms with Gasteiger partial charge in [0.1, 0.15) is 5.75 Å². The van der Waals surface area contributed by atoms with Crippen molar-refractivity contribution >= 4 is 24.8 Å². The summed E-state index contributed by atoms with van der Waals surface area (Å²) in [5, 5.41) is 3.44. The molecule has 0 amide bonds. The molecule has 2 rings (SSSR count). The van der Waals surface area contributed by atoms with E-state index in [0.29, 0.717) is 12.0 Å². The van der Waals surface area contributed by atoms with Gasteiger partial charge in [-0.15, -0.1) is 24.8 Å². The average Bonchev–Trinajstić information content (AvgIpc) is 2.49. The largest absolute Gasteiger partial charge is 0.494 e. The normalized spacial score (nSPS) is 17.8. The van der Waals surface area contributed by atoms with Crippen LogP contribution in [0.4, 0.5) is 0 Å². The number of hydrogen-bond donors (Lipinski definition) is 1. The molecular weight excluding hydrogens is 319 g/mol. The highest BCUT2D eigenvalue weighted by Crippen LogP contribution is 2.32. The van der Waals surface area contributed by atoms with E-state index in [0.717, 1.165) is 38.5 Å². The fraction of sp³-hybridized carbons (Fsp3) is 0.647. The molecule has 1 aliphatic heterocycles. The van der Waals surface area contributed by atoms with E-state index in [9.17, 15) is 0 Å². The summed E-state index contributed by atoms with van der Waals surface area (Å²) in [4.78, 5) is 2.62. The van der Waals surface area contributed by atoms with Crippen molar-refractivity contribution in [1.29, 1.82) is 0 Å². The summed E-state index contributed by atoms with van der Waals surface area (Å²) in [5.41, 5.74) is 1.40. The molecule has 0 spiro atoms. The number of nitrogens with one attached hydrogen (secondary N) is 1. The van der Waals surface area contributed by atoms with Crippen molar-refractivity contribution in [3.05, 3.63) is 29.8 Å². The van der Waals surface area contributed by atoms with E-state index in [1.807, 2.05) is 6.92 Å². The van der Waals surface area contributed by atoms with Crippen LogP contribution in [0.25, 0.3) is 0 Å². The Bertz CT molecular complexity index is 411. The highest BCUT2D eigenvalue weighted by atomic mass is 35.5. The van der Waals surface area contributed by atoms with Gasteiger partial charge in [-0.25, -0.2) is 0 Å². The molecule has 1 aliphatic rings. The second kappa shape index (κ2) is 11.1. The third kappa shape index (κ3) is 5.62. The van der Waals surface area contributed by atoms with Crippen LogP contribution in [0.15, 0.2) is 24.3 Å². The molecule has 0 aromatic heterocycles. The number of rotatable bonds is 6. The highest BCUT2D eigenvalue weighted by Gasteiger charge is 2.26. The van der Waals surface area contributed by atoms with Crippen molar-refractivity contribution in [3.8, 4) is 5.75 Å². The molecule has 1 aromatic carbocycles. The van der Waals surface area contributed by atoms with Crippen LogP contribution in [-0.2, 0) is 0 Å². The standard InChI is InChI=1S/C17H28N2O.2ClH/c1-4-14(3)17(19-11-9-18-10-12-19)15-7-6-8-16(13-15)20-5-2;;/h6-8,13-14,17-18H,4-5,9-12H2,1-3H3;2*1H/t14?,17-;;/m1../s1. The molecule has 1 fully saturated rings. The van der Waals surface area contributed by atoms with E-state index >= 15 is 0 Å². The van der Waals surface area contributed by atoms with Gasteiger partial charge in [0.15, 0.2) is 0 Å². The lowest BCUT2D eigenvalue weighted by atomic mass is 9.90. The van der Waals surface area contributed by atoms with Gasteiger partial charge >= 0.3 is 0 Å². The van der Waals surface area contributed by atoms with E-state index in [2.05, 4.69) is 48.3 Å². The summed E-state index contributed by atoms with van der Waals surface area (Å²) >= 11 is 0. The lowest BCUT2D eigenvalue weighted by Crippen LogP contribution is -2.46. The molecule has 22 heavy (non-hydrogen) atoms. The lowest BCUT2D eigenvalue weighted by molar-refractivity contribution is 0.128. The maximum absolute atomic E-state index is 5.67. The van der Waals surface area contributed by atoms with E-state index in [4.69, 9.17) is 4.74 Å². The van der Waals surface area contributed by atoms with E-state index < -0.39 is 0 Å². The Morgan fingerprint density at radius 1 is 1.18 bits per heavy atom. The van der Waals surface area contributed by atoms with Gasteiger partial charge in [0.25, 0.3) is 0 Å². The molecule has 0 radical (unpaired) electrons. The number of nitrogens with zero attached hydrogens (tertiary/aromatic N) is 1. The van der Waals surface area contributed by atoms with E-state index in [-0.39, 0.29) is 24.8 Å². The minimum atomic E-state index is 0. The number of ether oxygens (including phenoxy) is 1. The number of benzene rings is 1. The van der Waals surface area contributed by atoms with Crippen LogP contribution in [0.3, 0.4) is 0 Å². The van der Waals surface area contributed by atoms with Crippen molar-refractivity contribution in [3.63, 3.8) is 0 Å². The van der Waals surface area contributed by atoms with Crippen LogP contribution >= 0.6 is 24.8 Å². The van der Waals surface area contributed by atoms with Crippen molar-refractivity contribution in [1.82, 2.24) is 10.2 Å². The molecular formula is C17H30Cl2N2O. The van der Waals surface area contributed by atoms with Crippen molar-refractivity contribution < 1.29 is 4.74 Å². The molecule has 2 atom stereocenters. The molecule has 128 valence electrons. The lowest BCUT2D eigenvalue weighted by Gasteiger charge is -2.38. The SMILES string of the molecule is CCOc1cccc([C@@H](C(C)CC)N2CCNCC2)c1.Cl.Cl. The molecule has 5 heteroatoms. The van der Waals surface area contributed by atoms with Gasteiger partial charge in [0, 0.05) is 32.2 Å². The summed E-state index contributed by atoms with van der Waals surface area (Å²) < 4.78 is 5.67. The van der Waals surface area contributed by atoms with Gasteiger partial charge < -0.3 is 10.1 Å². The second-order valence-corrected chi connectivity index (χ2v) is 5.62. The molecule has 0 saturated carbocycles. The predicted octanol–water partition coefficient (Wildman–Crippen LogP) is 3.92. The van der Waals surface area contributed by atoms with E-state index in [1.165, 1.54) is 12.0 Å². The van der Waals surface area contributed by atoms with Crippen LogP contribution < -0.4 is 10.1 Å². The minimum absolute atomic E-state index is 0. The molecule has 1 aromatic rings. The Hall–Kier alpha value is -0.480. The van der Waals surface area contributed by atoms with Crippen LogP contribution in [0.2, 0.25) is 0 Å². The molecule has 1 saturated heterocycles. The number of halogens is 2. The van der Waals surface area contributed by atoms with Gasteiger partial charge in [-0.1, -0.05) is 32.4 Å². The Labute approximate surface area is 147 Å². The summed E-state index contributed by atoms with van der Waals surface area (Å²) in [5.74, 6) is 1.65. The summed E-state index contributed by atoms with van der Waals surface area (Å²) in [6, 6.07) is 9.16. The fourth-order valence-electron chi connectivity index (χ4n) is 3.04. The maximum Gasteiger partial charge on any atom is 0.119 e. The third-order valence-electron chi connectivity index (χ3n) is 4.24. The first kappa shape index (κ1) is 21.5. The van der Waals surface area contributed by atoms with Crippen LogP contribution in [0.5, 0.6) is 5.75 Å². The minimum Gasteiger partial charge on any atom is -0.494 e. The Morgan fingerprint density at radius 2 is 1.86 bits per heavy atom. The summed E-state index contributed by atoms with van der Waals surface area (Å²) in [6.45, 7) is 11.9. The van der Waals surface area contributed by atoms with Crippen molar-refractivity contribution in [2.45, 2.75) is 33.2 Å². The zero-order chi connectivity index (χ0) is 14.4. The van der Waals surface area contributed by atoms with E-state index in [1.54, 1.807) is 0 Å². The molecule has 1 unspecified atom stereocenters. The van der Waals surface area contributed by atoms with Gasteiger partial charge in [-0.2, -0.15) is 0 Å². The zero-order valence-electron chi connectivity index (χ0n) is 13.9. The smallest absolute Gasteiger partial charge is 0.119 e. The number of hydrogen-bond acceptors (Lipinski definition) is 3. The van der Waals surface area contributed by atoms with Gasteiger partial charge in [0.05, 0.1) is 6.61 Å². The molecule has 0 bridgehead atoms. The van der Waals surface area contributed by atoms with Gasteiger partial charge in [-0.05, 0) is 30.5 Å². The Morgan fingerprint density at radius 3 is 2.45 bits per heavy atom.